The Kier molecular flexibility index (Phi) is 8.71. The molecule has 1 aliphatic rings. The Labute approximate surface area is 202 Å². The lowest BCUT2D eigenvalue weighted by Gasteiger charge is -2.23. The first-order valence-electron chi connectivity index (χ1n) is 11.3. The normalized spacial score (nSPS) is 15.2. The van der Waals surface area contributed by atoms with Crippen LogP contribution in [0.1, 0.15) is 44.6 Å². The number of nitriles is 1. The number of hydrogen-bond donors (Lipinski definition) is 2. The van der Waals surface area contributed by atoms with Crippen molar-refractivity contribution in [2.75, 3.05) is 31.6 Å². The molecule has 1 aliphatic heterocycles. The molecule has 2 aromatic carbocycles. The average Bonchev–Trinajstić information content (AvgIpc) is 2.83. The third-order valence-corrected chi connectivity index (χ3v) is 9.09. The van der Waals surface area contributed by atoms with E-state index in [4.69, 9.17) is 10.00 Å². The van der Waals surface area contributed by atoms with Gasteiger partial charge in [-0.1, -0.05) is 19.9 Å². The maximum atomic E-state index is 13.3. The van der Waals surface area contributed by atoms with Crippen LogP contribution in [0.5, 0.6) is 0 Å². The Hall–Kier alpha value is -2.45. The van der Waals surface area contributed by atoms with Crippen molar-refractivity contribution in [3.05, 3.63) is 48.0 Å². The van der Waals surface area contributed by atoms with Gasteiger partial charge in [0.1, 0.15) is 0 Å². The minimum Gasteiger partial charge on any atom is -0.384 e. The quantitative estimate of drug-likeness (QED) is 0.472. The molecule has 0 bridgehead atoms. The molecule has 2 N–H and O–H groups in total. The maximum absolute atomic E-state index is 13.3. The minimum atomic E-state index is -3.93. The van der Waals surface area contributed by atoms with Crippen LogP contribution in [0.25, 0.3) is 0 Å². The summed E-state index contributed by atoms with van der Waals surface area (Å²) in [4.78, 5) is -0.0203. The smallest absolute Gasteiger partial charge is 0.240 e. The molecule has 1 fully saturated rings. The lowest BCUT2D eigenvalue weighted by atomic mass is 10.0. The van der Waals surface area contributed by atoms with Gasteiger partial charge < -0.3 is 10.1 Å². The van der Waals surface area contributed by atoms with Gasteiger partial charge in [-0.3, -0.25) is 0 Å². The summed E-state index contributed by atoms with van der Waals surface area (Å²) in [6.07, 6.45) is 1.91. The number of nitrogens with one attached hydrogen (secondary N) is 2. The number of benzene rings is 2. The Morgan fingerprint density at radius 1 is 1.03 bits per heavy atom. The van der Waals surface area contributed by atoms with Gasteiger partial charge >= 0.3 is 0 Å². The standard InChI is InChI=1S/C24H31N3O5S2/c1-18(2)23-9-8-22(16-24(23)34(30,31)27-17-19-10-14-32-15-11-19)33(28,29)21-6-4-20(5-7-21)26-13-3-12-25/h4-9,16,18-19,26-27H,3,10-11,13-15,17H2,1-2H3. The first-order valence-corrected chi connectivity index (χ1v) is 14.3. The van der Waals surface area contributed by atoms with E-state index in [1.54, 1.807) is 18.2 Å². The van der Waals surface area contributed by atoms with Crippen molar-refractivity contribution in [1.82, 2.24) is 4.72 Å². The molecule has 8 nitrogen and oxygen atoms in total. The topological polar surface area (TPSA) is 125 Å². The number of hydrogen-bond acceptors (Lipinski definition) is 7. The van der Waals surface area contributed by atoms with E-state index in [1.807, 2.05) is 19.9 Å². The molecule has 0 aromatic heterocycles. The minimum absolute atomic E-state index is 0.00887. The predicted octanol–water partition coefficient (Wildman–Crippen LogP) is 3.67. The van der Waals surface area contributed by atoms with Crippen LogP contribution in [0.15, 0.2) is 57.2 Å². The van der Waals surface area contributed by atoms with E-state index < -0.39 is 19.9 Å². The van der Waals surface area contributed by atoms with Crippen molar-refractivity contribution in [2.45, 2.75) is 53.7 Å². The fourth-order valence-electron chi connectivity index (χ4n) is 3.80. The first kappa shape index (κ1) is 26.2. The summed E-state index contributed by atoms with van der Waals surface area (Å²) in [7, 11) is -7.84. The molecule has 0 radical (unpaired) electrons. The van der Waals surface area contributed by atoms with Crippen molar-refractivity contribution in [2.24, 2.45) is 5.92 Å². The molecule has 0 unspecified atom stereocenters. The highest BCUT2D eigenvalue weighted by Crippen LogP contribution is 2.30. The van der Waals surface area contributed by atoms with E-state index in [0.29, 0.717) is 44.0 Å². The van der Waals surface area contributed by atoms with E-state index in [-0.39, 0.29) is 26.5 Å². The largest absolute Gasteiger partial charge is 0.384 e. The molecule has 0 amide bonds. The molecule has 184 valence electrons. The zero-order valence-electron chi connectivity index (χ0n) is 19.5. The summed E-state index contributed by atoms with van der Waals surface area (Å²) < 4.78 is 61.0. The fourth-order valence-corrected chi connectivity index (χ4v) is 6.67. The van der Waals surface area contributed by atoms with E-state index in [0.717, 1.165) is 12.8 Å². The van der Waals surface area contributed by atoms with Crippen LogP contribution in [0, 0.1) is 17.2 Å². The lowest BCUT2D eigenvalue weighted by molar-refractivity contribution is 0.0678. The summed E-state index contributed by atoms with van der Waals surface area (Å²) in [5.74, 6) is 0.0865. The molecule has 1 heterocycles. The number of sulfonamides is 1. The Morgan fingerprint density at radius 2 is 1.68 bits per heavy atom. The van der Waals surface area contributed by atoms with Gasteiger partial charge in [-0.05, 0) is 66.6 Å². The van der Waals surface area contributed by atoms with Gasteiger partial charge in [-0.25, -0.2) is 21.6 Å². The number of anilines is 1. The zero-order chi connectivity index (χ0) is 24.8. The molecule has 1 saturated heterocycles. The molecular formula is C24H31N3O5S2. The molecule has 10 heteroatoms. The summed E-state index contributed by atoms with van der Waals surface area (Å²) in [6, 6.07) is 12.5. The van der Waals surface area contributed by atoms with Gasteiger partial charge in [-0.2, -0.15) is 5.26 Å². The van der Waals surface area contributed by atoms with Gasteiger partial charge in [0.25, 0.3) is 0 Å². The third kappa shape index (κ3) is 6.36. The molecule has 2 aromatic rings. The van der Waals surface area contributed by atoms with Crippen molar-refractivity contribution in [3.63, 3.8) is 0 Å². The van der Waals surface area contributed by atoms with Crippen LogP contribution in [0.4, 0.5) is 5.69 Å². The average molecular weight is 506 g/mol. The van der Waals surface area contributed by atoms with Crippen molar-refractivity contribution in [3.8, 4) is 6.07 Å². The van der Waals surface area contributed by atoms with Crippen LogP contribution in [-0.4, -0.2) is 43.1 Å². The second-order valence-corrected chi connectivity index (χ2v) is 12.3. The molecule has 0 atom stereocenters. The highest BCUT2D eigenvalue weighted by atomic mass is 32.2. The lowest BCUT2D eigenvalue weighted by Crippen LogP contribution is -2.32. The van der Waals surface area contributed by atoms with Gasteiger partial charge in [0.15, 0.2) is 0 Å². The molecule has 34 heavy (non-hydrogen) atoms. The summed E-state index contributed by atoms with van der Waals surface area (Å²) in [6.45, 7) is 5.73. The number of rotatable bonds is 10. The first-order chi connectivity index (χ1) is 16.1. The molecule has 0 aliphatic carbocycles. The Balaban J connectivity index is 1.89. The SMILES string of the molecule is CC(C)c1ccc(S(=O)(=O)c2ccc(NCCC#N)cc2)cc1S(=O)(=O)NCC1CCOCC1. The second kappa shape index (κ2) is 11.3. The van der Waals surface area contributed by atoms with Crippen molar-refractivity contribution >= 4 is 25.5 Å². The van der Waals surface area contributed by atoms with Gasteiger partial charge in [0, 0.05) is 32.0 Å². The van der Waals surface area contributed by atoms with Crippen LogP contribution in [0.3, 0.4) is 0 Å². The highest BCUT2D eigenvalue weighted by molar-refractivity contribution is 7.91. The molecule has 0 saturated carbocycles. The van der Waals surface area contributed by atoms with Crippen LogP contribution in [-0.2, 0) is 24.6 Å². The fraction of sp³-hybridized carbons (Fsp3) is 0.458. The highest BCUT2D eigenvalue weighted by Gasteiger charge is 2.26. The number of nitrogens with zero attached hydrogens (tertiary/aromatic N) is 1. The van der Waals surface area contributed by atoms with E-state index >= 15 is 0 Å². The van der Waals surface area contributed by atoms with Crippen LogP contribution >= 0.6 is 0 Å². The van der Waals surface area contributed by atoms with E-state index in [1.165, 1.54) is 24.3 Å². The summed E-state index contributed by atoms with van der Waals surface area (Å²) in [5, 5.41) is 11.7. The maximum Gasteiger partial charge on any atom is 0.240 e. The van der Waals surface area contributed by atoms with Gasteiger partial charge in [0.2, 0.25) is 19.9 Å². The van der Waals surface area contributed by atoms with Gasteiger partial charge in [0.05, 0.1) is 27.2 Å². The van der Waals surface area contributed by atoms with Crippen molar-refractivity contribution < 1.29 is 21.6 Å². The van der Waals surface area contributed by atoms with E-state index in [2.05, 4.69) is 10.0 Å². The zero-order valence-corrected chi connectivity index (χ0v) is 21.1. The Morgan fingerprint density at radius 3 is 2.29 bits per heavy atom. The van der Waals surface area contributed by atoms with Crippen LogP contribution < -0.4 is 10.0 Å². The summed E-state index contributed by atoms with van der Waals surface area (Å²) >= 11 is 0. The third-order valence-electron chi connectivity index (χ3n) is 5.84. The summed E-state index contributed by atoms with van der Waals surface area (Å²) in [5.41, 5.74) is 1.26. The predicted molar refractivity (Wildman–Crippen MR) is 130 cm³/mol. The molecule has 3 rings (SSSR count). The van der Waals surface area contributed by atoms with Gasteiger partial charge in [-0.15, -0.1) is 0 Å². The molecular weight excluding hydrogens is 474 g/mol. The number of sulfone groups is 1. The monoisotopic (exact) mass is 505 g/mol. The second-order valence-electron chi connectivity index (χ2n) is 8.62. The van der Waals surface area contributed by atoms with Crippen molar-refractivity contribution in [1.29, 1.82) is 5.26 Å². The number of ether oxygens (including phenoxy) is 1. The van der Waals surface area contributed by atoms with Crippen LogP contribution in [0.2, 0.25) is 0 Å². The Bertz CT molecular complexity index is 1230. The molecule has 0 spiro atoms. The van der Waals surface area contributed by atoms with E-state index in [9.17, 15) is 16.8 Å².